The van der Waals surface area contributed by atoms with Crippen LogP contribution in [0.3, 0.4) is 0 Å². The molecule has 17 heavy (non-hydrogen) atoms. The maximum atomic E-state index is 12.1. The van der Waals surface area contributed by atoms with Crippen molar-refractivity contribution in [3.05, 3.63) is 22.7 Å². The van der Waals surface area contributed by atoms with Gasteiger partial charge in [-0.3, -0.25) is 4.79 Å². The van der Waals surface area contributed by atoms with E-state index in [4.69, 9.17) is 0 Å². The van der Waals surface area contributed by atoms with Gasteiger partial charge < -0.3 is 9.88 Å². The summed E-state index contributed by atoms with van der Waals surface area (Å²) in [6, 6.07) is 0.419. The molecule has 94 valence electrons. The first-order valence-corrected chi connectivity index (χ1v) is 6.52. The van der Waals surface area contributed by atoms with Crippen molar-refractivity contribution in [1.29, 1.82) is 0 Å². The minimum atomic E-state index is 0.00824. The first kappa shape index (κ1) is 12.1. The van der Waals surface area contributed by atoms with Crippen molar-refractivity contribution in [2.45, 2.75) is 52.1 Å². The fraction of sp³-hybridized carbons (Fsp3) is 0.692. The van der Waals surface area contributed by atoms with Crippen molar-refractivity contribution in [1.82, 2.24) is 9.55 Å². The van der Waals surface area contributed by atoms with Crippen LogP contribution in [0.5, 0.6) is 0 Å². The van der Waals surface area contributed by atoms with Crippen LogP contribution >= 0.6 is 0 Å². The Kier molecular flexibility index (Phi) is 3.82. The molecule has 1 aliphatic carbocycles. The predicted molar refractivity (Wildman–Crippen MR) is 69.2 cm³/mol. The summed E-state index contributed by atoms with van der Waals surface area (Å²) in [5.41, 5.74) is 0.00824. The molecule has 2 unspecified atom stereocenters. The first-order valence-electron chi connectivity index (χ1n) is 6.52. The van der Waals surface area contributed by atoms with E-state index in [1.807, 2.05) is 0 Å². The van der Waals surface area contributed by atoms with Gasteiger partial charge in [-0.1, -0.05) is 13.8 Å². The van der Waals surface area contributed by atoms with E-state index in [0.717, 1.165) is 31.7 Å². The second-order valence-corrected chi connectivity index (χ2v) is 5.03. The number of aromatic nitrogens is 2. The zero-order valence-electron chi connectivity index (χ0n) is 10.6. The Morgan fingerprint density at radius 3 is 3.00 bits per heavy atom. The summed E-state index contributed by atoms with van der Waals surface area (Å²) in [4.78, 5) is 16.2. The van der Waals surface area contributed by atoms with Gasteiger partial charge in [0.05, 0.1) is 0 Å². The maximum absolute atomic E-state index is 12.1. The highest BCUT2D eigenvalue weighted by molar-refractivity contribution is 5.32. The predicted octanol–water partition coefficient (Wildman–Crippen LogP) is 2.25. The number of hydrogen-bond donors (Lipinski definition) is 1. The molecule has 1 heterocycles. The molecule has 1 aromatic rings. The molecule has 1 aromatic heterocycles. The molecule has 0 aromatic carbocycles. The second kappa shape index (κ2) is 5.34. The summed E-state index contributed by atoms with van der Waals surface area (Å²) < 4.78 is 1.73. The summed E-state index contributed by atoms with van der Waals surface area (Å²) in [7, 11) is 0. The molecule has 1 fully saturated rings. The summed E-state index contributed by atoms with van der Waals surface area (Å²) in [6.07, 6.45) is 7.96. The zero-order valence-corrected chi connectivity index (χ0v) is 10.6. The van der Waals surface area contributed by atoms with Gasteiger partial charge in [-0.25, -0.2) is 4.98 Å². The fourth-order valence-corrected chi connectivity index (χ4v) is 2.49. The van der Waals surface area contributed by atoms with E-state index in [1.165, 1.54) is 6.42 Å². The van der Waals surface area contributed by atoms with Crippen molar-refractivity contribution < 1.29 is 0 Å². The topological polar surface area (TPSA) is 46.9 Å². The fourth-order valence-electron chi connectivity index (χ4n) is 2.49. The van der Waals surface area contributed by atoms with E-state index in [0.29, 0.717) is 11.9 Å². The Labute approximate surface area is 102 Å². The van der Waals surface area contributed by atoms with Crippen LogP contribution in [0.2, 0.25) is 0 Å². The van der Waals surface area contributed by atoms with Crippen LogP contribution in [-0.4, -0.2) is 15.6 Å². The van der Waals surface area contributed by atoms with Crippen LogP contribution < -0.4 is 10.9 Å². The summed E-state index contributed by atoms with van der Waals surface area (Å²) >= 11 is 0. The largest absolute Gasteiger partial charge is 0.363 e. The third kappa shape index (κ3) is 2.87. The van der Waals surface area contributed by atoms with Gasteiger partial charge in [0.1, 0.15) is 0 Å². The number of rotatable bonds is 4. The number of anilines is 1. The van der Waals surface area contributed by atoms with E-state index >= 15 is 0 Å². The highest BCUT2D eigenvalue weighted by Crippen LogP contribution is 2.26. The van der Waals surface area contributed by atoms with E-state index in [9.17, 15) is 4.79 Å². The molecule has 0 saturated heterocycles. The molecular formula is C13H21N3O. The summed E-state index contributed by atoms with van der Waals surface area (Å²) in [6.45, 7) is 5.09. The van der Waals surface area contributed by atoms with E-state index in [2.05, 4.69) is 24.1 Å². The van der Waals surface area contributed by atoms with E-state index in [1.54, 1.807) is 17.0 Å². The third-order valence-electron chi connectivity index (χ3n) is 3.41. The molecule has 0 bridgehead atoms. The van der Waals surface area contributed by atoms with E-state index in [-0.39, 0.29) is 5.56 Å². The first-order chi connectivity index (χ1) is 8.20. The number of hydrogen-bond acceptors (Lipinski definition) is 3. The van der Waals surface area contributed by atoms with Gasteiger partial charge in [0.2, 0.25) is 0 Å². The Morgan fingerprint density at radius 2 is 2.35 bits per heavy atom. The van der Waals surface area contributed by atoms with Gasteiger partial charge in [0.25, 0.3) is 5.56 Å². The lowest BCUT2D eigenvalue weighted by atomic mass is 10.1. The number of aryl methyl sites for hydroxylation is 1. The van der Waals surface area contributed by atoms with Crippen LogP contribution in [0.1, 0.15) is 39.5 Å². The van der Waals surface area contributed by atoms with Crippen LogP contribution in [0, 0.1) is 5.92 Å². The van der Waals surface area contributed by atoms with Crippen LogP contribution in [0.15, 0.2) is 17.2 Å². The SMILES string of the molecule is CCCn1ccnc(NC2CCC(C)C2)c1=O. The lowest BCUT2D eigenvalue weighted by Gasteiger charge is -2.13. The molecule has 1 saturated carbocycles. The van der Waals surface area contributed by atoms with Crippen molar-refractivity contribution in [2.75, 3.05) is 5.32 Å². The average molecular weight is 235 g/mol. The van der Waals surface area contributed by atoms with Crippen LogP contribution in [-0.2, 0) is 6.54 Å². The molecule has 1 N–H and O–H groups in total. The number of nitrogens with zero attached hydrogens (tertiary/aromatic N) is 2. The molecule has 4 heteroatoms. The minimum absolute atomic E-state index is 0.00824. The van der Waals surface area contributed by atoms with Gasteiger partial charge in [-0.15, -0.1) is 0 Å². The van der Waals surface area contributed by atoms with Crippen LogP contribution in [0.25, 0.3) is 0 Å². The monoisotopic (exact) mass is 235 g/mol. The summed E-state index contributed by atoms with van der Waals surface area (Å²) in [5, 5.41) is 3.29. The molecule has 4 nitrogen and oxygen atoms in total. The standard InChI is InChI=1S/C13H21N3O/c1-3-7-16-8-6-14-12(13(16)17)15-11-5-4-10(2)9-11/h6,8,10-11H,3-5,7,9H2,1-2H3,(H,14,15). The summed E-state index contributed by atoms with van der Waals surface area (Å²) in [5.74, 6) is 1.27. The van der Waals surface area contributed by atoms with E-state index < -0.39 is 0 Å². The molecule has 0 spiro atoms. The maximum Gasteiger partial charge on any atom is 0.293 e. The zero-order chi connectivity index (χ0) is 12.3. The molecule has 0 aliphatic heterocycles. The van der Waals surface area contributed by atoms with Gasteiger partial charge in [0, 0.05) is 25.0 Å². The highest BCUT2D eigenvalue weighted by atomic mass is 16.1. The van der Waals surface area contributed by atoms with Gasteiger partial charge in [-0.2, -0.15) is 0 Å². The molecule has 0 radical (unpaired) electrons. The Hall–Kier alpha value is -1.32. The van der Waals surface area contributed by atoms with Crippen molar-refractivity contribution in [3.63, 3.8) is 0 Å². The average Bonchev–Trinajstić information content (AvgIpc) is 2.70. The Morgan fingerprint density at radius 1 is 1.53 bits per heavy atom. The molecular weight excluding hydrogens is 214 g/mol. The van der Waals surface area contributed by atoms with Crippen LogP contribution in [0.4, 0.5) is 5.82 Å². The van der Waals surface area contributed by atoms with Gasteiger partial charge in [-0.05, 0) is 31.6 Å². The quantitative estimate of drug-likeness (QED) is 0.870. The normalized spacial score (nSPS) is 23.9. The molecule has 1 aliphatic rings. The molecule has 0 amide bonds. The van der Waals surface area contributed by atoms with Crippen molar-refractivity contribution in [2.24, 2.45) is 5.92 Å². The smallest absolute Gasteiger partial charge is 0.293 e. The second-order valence-electron chi connectivity index (χ2n) is 5.03. The lowest BCUT2D eigenvalue weighted by Crippen LogP contribution is -2.28. The highest BCUT2D eigenvalue weighted by Gasteiger charge is 2.22. The van der Waals surface area contributed by atoms with Crippen molar-refractivity contribution >= 4 is 5.82 Å². The van der Waals surface area contributed by atoms with Gasteiger partial charge in [0.15, 0.2) is 5.82 Å². The Balaban J connectivity index is 2.10. The third-order valence-corrected chi connectivity index (χ3v) is 3.41. The number of nitrogens with one attached hydrogen (secondary N) is 1. The van der Waals surface area contributed by atoms with Crippen molar-refractivity contribution in [3.8, 4) is 0 Å². The Bertz CT molecular complexity index is 427. The molecule has 2 rings (SSSR count). The minimum Gasteiger partial charge on any atom is -0.363 e. The van der Waals surface area contributed by atoms with Gasteiger partial charge >= 0.3 is 0 Å². The molecule has 2 atom stereocenters. The lowest BCUT2D eigenvalue weighted by molar-refractivity contribution is 0.600.